The SMILES string of the molecule is C=C(C)Cn1c(-n2nc(CC)cc2CC)nc2c1c(=O)[nH]c(=O)n2C. The van der Waals surface area contributed by atoms with E-state index in [4.69, 9.17) is 0 Å². The van der Waals surface area contributed by atoms with Gasteiger partial charge in [-0.1, -0.05) is 26.0 Å². The van der Waals surface area contributed by atoms with Crippen molar-refractivity contribution in [1.82, 2.24) is 28.9 Å². The van der Waals surface area contributed by atoms with Gasteiger partial charge in [0.2, 0.25) is 5.95 Å². The van der Waals surface area contributed by atoms with Gasteiger partial charge >= 0.3 is 5.69 Å². The van der Waals surface area contributed by atoms with E-state index in [9.17, 15) is 9.59 Å². The number of nitrogens with zero attached hydrogens (tertiary/aromatic N) is 5. The van der Waals surface area contributed by atoms with Crippen molar-refractivity contribution in [1.29, 1.82) is 0 Å². The molecule has 132 valence electrons. The number of imidazole rings is 1. The van der Waals surface area contributed by atoms with Gasteiger partial charge in [0.1, 0.15) is 0 Å². The molecule has 8 heteroatoms. The molecule has 0 radical (unpaired) electrons. The van der Waals surface area contributed by atoms with Gasteiger partial charge in [-0.25, -0.2) is 9.48 Å². The van der Waals surface area contributed by atoms with Gasteiger partial charge in [0, 0.05) is 19.3 Å². The van der Waals surface area contributed by atoms with E-state index in [1.165, 1.54) is 4.57 Å². The van der Waals surface area contributed by atoms with Crippen LogP contribution in [-0.2, 0) is 26.4 Å². The zero-order valence-electron chi connectivity index (χ0n) is 15.0. The van der Waals surface area contributed by atoms with Crippen molar-refractivity contribution in [3.8, 4) is 5.95 Å². The summed E-state index contributed by atoms with van der Waals surface area (Å²) in [5, 5.41) is 4.62. The molecule has 0 atom stereocenters. The van der Waals surface area contributed by atoms with Gasteiger partial charge in [0.25, 0.3) is 5.56 Å². The molecule has 0 aliphatic heterocycles. The largest absolute Gasteiger partial charge is 0.329 e. The first-order valence-electron chi connectivity index (χ1n) is 8.29. The standard InChI is InChI=1S/C17H22N6O2/c1-6-11-8-12(7-2)23(20-11)16-18-14-13(22(16)9-10(3)4)15(24)19-17(25)21(14)5/h8H,3,6-7,9H2,1-2,4-5H3,(H,19,24,25). The van der Waals surface area contributed by atoms with Crippen LogP contribution in [0.3, 0.4) is 0 Å². The predicted molar refractivity (Wildman–Crippen MR) is 96.3 cm³/mol. The van der Waals surface area contributed by atoms with E-state index in [2.05, 4.69) is 21.6 Å². The van der Waals surface area contributed by atoms with E-state index in [1.807, 2.05) is 26.8 Å². The Kier molecular flexibility index (Phi) is 4.20. The summed E-state index contributed by atoms with van der Waals surface area (Å²) in [6.45, 7) is 10.3. The summed E-state index contributed by atoms with van der Waals surface area (Å²) in [5.41, 5.74) is 2.55. The van der Waals surface area contributed by atoms with E-state index in [1.54, 1.807) is 16.3 Å². The normalized spacial score (nSPS) is 11.4. The highest BCUT2D eigenvalue weighted by Crippen LogP contribution is 2.19. The molecule has 0 spiro atoms. The number of nitrogens with one attached hydrogen (secondary N) is 1. The molecule has 0 aromatic carbocycles. The topological polar surface area (TPSA) is 90.5 Å². The lowest BCUT2D eigenvalue weighted by atomic mass is 10.3. The molecule has 0 aliphatic rings. The van der Waals surface area contributed by atoms with Crippen LogP contribution in [0.4, 0.5) is 0 Å². The number of aromatic amines is 1. The summed E-state index contributed by atoms with van der Waals surface area (Å²) >= 11 is 0. The Hall–Kier alpha value is -2.90. The molecule has 0 saturated heterocycles. The molecule has 8 nitrogen and oxygen atoms in total. The number of hydrogen-bond donors (Lipinski definition) is 1. The van der Waals surface area contributed by atoms with Crippen LogP contribution in [0, 0.1) is 0 Å². The van der Waals surface area contributed by atoms with Crippen molar-refractivity contribution >= 4 is 11.2 Å². The Balaban J connectivity index is 2.42. The number of aromatic nitrogens is 6. The fourth-order valence-electron chi connectivity index (χ4n) is 2.88. The van der Waals surface area contributed by atoms with E-state index < -0.39 is 11.2 Å². The molecule has 3 rings (SSSR count). The van der Waals surface area contributed by atoms with Crippen LogP contribution in [-0.4, -0.2) is 28.9 Å². The lowest BCUT2D eigenvalue weighted by Crippen LogP contribution is -2.29. The molecule has 3 aromatic heterocycles. The predicted octanol–water partition coefficient (Wildman–Crippen LogP) is 1.31. The molecule has 0 bridgehead atoms. The summed E-state index contributed by atoms with van der Waals surface area (Å²) < 4.78 is 4.86. The van der Waals surface area contributed by atoms with Gasteiger partial charge in [-0.3, -0.25) is 18.9 Å². The minimum Gasteiger partial charge on any atom is -0.298 e. The summed E-state index contributed by atoms with van der Waals surface area (Å²) in [6.07, 6.45) is 1.58. The molecule has 0 saturated carbocycles. The monoisotopic (exact) mass is 342 g/mol. The Morgan fingerprint density at radius 1 is 1.28 bits per heavy atom. The second kappa shape index (κ2) is 6.19. The number of aryl methyl sites for hydroxylation is 3. The van der Waals surface area contributed by atoms with Crippen molar-refractivity contribution in [2.45, 2.75) is 40.2 Å². The van der Waals surface area contributed by atoms with E-state index in [0.717, 1.165) is 29.8 Å². The molecular formula is C17H22N6O2. The van der Waals surface area contributed by atoms with Crippen LogP contribution in [0.15, 0.2) is 27.8 Å². The van der Waals surface area contributed by atoms with Crippen molar-refractivity contribution in [3.05, 3.63) is 50.4 Å². The van der Waals surface area contributed by atoms with Crippen LogP contribution in [0.5, 0.6) is 0 Å². The maximum Gasteiger partial charge on any atom is 0.329 e. The molecule has 25 heavy (non-hydrogen) atoms. The van der Waals surface area contributed by atoms with Gasteiger partial charge in [0.05, 0.1) is 5.69 Å². The van der Waals surface area contributed by atoms with Gasteiger partial charge in [-0.05, 0) is 25.8 Å². The maximum absolute atomic E-state index is 12.4. The number of allylic oxidation sites excluding steroid dienone is 1. The van der Waals surface area contributed by atoms with Crippen LogP contribution in [0.1, 0.15) is 32.2 Å². The highest BCUT2D eigenvalue weighted by molar-refractivity contribution is 5.72. The van der Waals surface area contributed by atoms with Crippen LogP contribution in [0.2, 0.25) is 0 Å². The number of H-pyrrole nitrogens is 1. The number of hydrogen-bond acceptors (Lipinski definition) is 4. The zero-order chi connectivity index (χ0) is 18.3. The smallest absolute Gasteiger partial charge is 0.298 e. The molecule has 0 unspecified atom stereocenters. The Morgan fingerprint density at radius 3 is 2.60 bits per heavy atom. The van der Waals surface area contributed by atoms with Gasteiger partial charge in [-0.15, -0.1) is 0 Å². The third-order valence-electron chi connectivity index (χ3n) is 4.16. The van der Waals surface area contributed by atoms with E-state index >= 15 is 0 Å². The van der Waals surface area contributed by atoms with Gasteiger partial charge < -0.3 is 0 Å². The first-order valence-corrected chi connectivity index (χ1v) is 8.29. The lowest BCUT2D eigenvalue weighted by Gasteiger charge is -2.10. The van der Waals surface area contributed by atoms with Crippen molar-refractivity contribution in [2.75, 3.05) is 0 Å². The molecule has 0 fully saturated rings. The van der Waals surface area contributed by atoms with Crippen molar-refractivity contribution in [3.63, 3.8) is 0 Å². The van der Waals surface area contributed by atoms with E-state index in [-0.39, 0.29) is 0 Å². The highest BCUT2D eigenvalue weighted by Gasteiger charge is 2.21. The average Bonchev–Trinajstić information content (AvgIpc) is 3.13. The van der Waals surface area contributed by atoms with Gasteiger partial charge in [0.15, 0.2) is 11.2 Å². The number of fused-ring (bicyclic) bond motifs is 1. The molecule has 1 N–H and O–H groups in total. The molecule has 0 amide bonds. The molecule has 0 aliphatic carbocycles. The third kappa shape index (κ3) is 2.73. The third-order valence-corrected chi connectivity index (χ3v) is 4.16. The second-order valence-corrected chi connectivity index (χ2v) is 6.19. The highest BCUT2D eigenvalue weighted by atomic mass is 16.2. The zero-order valence-corrected chi connectivity index (χ0v) is 15.0. The minimum absolute atomic E-state index is 0.334. The summed E-state index contributed by atoms with van der Waals surface area (Å²) in [7, 11) is 1.59. The quantitative estimate of drug-likeness (QED) is 0.708. The Bertz CT molecular complexity index is 1080. The minimum atomic E-state index is -0.491. The van der Waals surface area contributed by atoms with Crippen LogP contribution in [0.25, 0.3) is 17.1 Å². The summed E-state index contributed by atoms with van der Waals surface area (Å²) in [6, 6.07) is 2.04. The fraction of sp³-hybridized carbons (Fsp3) is 0.412. The Morgan fingerprint density at radius 2 is 2.00 bits per heavy atom. The molecule has 3 aromatic rings. The molecule has 3 heterocycles. The lowest BCUT2D eigenvalue weighted by molar-refractivity contribution is 0.683. The average molecular weight is 342 g/mol. The first kappa shape index (κ1) is 16.9. The van der Waals surface area contributed by atoms with Gasteiger partial charge in [-0.2, -0.15) is 10.1 Å². The Labute approximate surface area is 144 Å². The van der Waals surface area contributed by atoms with Crippen molar-refractivity contribution < 1.29 is 0 Å². The molecular weight excluding hydrogens is 320 g/mol. The van der Waals surface area contributed by atoms with Crippen molar-refractivity contribution in [2.24, 2.45) is 7.05 Å². The fourth-order valence-corrected chi connectivity index (χ4v) is 2.88. The van der Waals surface area contributed by atoms with Crippen LogP contribution >= 0.6 is 0 Å². The number of rotatable bonds is 5. The summed E-state index contributed by atoms with van der Waals surface area (Å²) in [4.78, 5) is 31.3. The summed E-state index contributed by atoms with van der Waals surface area (Å²) in [5.74, 6) is 0.515. The maximum atomic E-state index is 12.4. The first-order chi connectivity index (χ1) is 11.9. The van der Waals surface area contributed by atoms with Crippen LogP contribution < -0.4 is 11.2 Å². The van der Waals surface area contributed by atoms with E-state index in [0.29, 0.717) is 23.7 Å². The second-order valence-electron chi connectivity index (χ2n) is 6.19.